The first kappa shape index (κ1) is 16.9. The van der Waals surface area contributed by atoms with Gasteiger partial charge in [-0.05, 0) is 32.4 Å². The van der Waals surface area contributed by atoms with Gasteiger partial charge in [-0.1, -0.05) is 26.2 Å². The molecule has 0 radical (unpaired) electrons. The molecule has 0 bridgehead atoms. The SMILES string of the molecule is CCNCc1cc(S(=O)(=O)N2CCCCCCC2)c(C)s1. The first-order valence-corrected chi connectivity index (χ1v) is 10.1. The fraction of sp³-hybridized carbons (Fsp3) is 0.733. The van der Waals surface area contributed by atoms with Gasteiger partial charge >= 0.3 is 0 Å². The Morgan fingerprint density at radius 2 is 1.81 bits per heavy atom. The second-order valence-corrected chi connectivity index (χ2v) is 8.83. The maximum Gasteiger partial charge on any atom is 0.244 e. The molecule has 0 aliphatic carbocycles. The Hall–Kier alpha value is -0.430. The number of sulfonamides is 1. The molecule has 1 aliphatic heterocycles. The molecular formula is C15H26N2O2S2. The summed E-state index contributed by atoms with van der Waals surface area (Å²) in [7, 11) is -3.32. The summed E-state index contributed by atoms with van der Waals surface area (Å²) in [6.45, 7) is 6.94. The van der Waals surface area contributed by atoms with Crippen LogP contribution < -0.4 is 5.32 Å². The molecule has 0 spiro atoms. The van der Waals surface area contributed by atoms with Crippen molar-refractivity contribution in [3.63, 3.8) is 0 Å². The molecule has 21 heavy (non-hydrogen) atoms. The minimum absolute atomic E-state index is 0.515. The Labute approximate surface area is 132 Å². The van der Waals surface area contributed by atoms with Crippen LogP contribution in [0, 0.1) is 6.92 Å². The van der Waals surface area contributed by atoms with E-state index in [1.165, 1.54) is 6.42 Å². The van der Waals surface area contributed by atoms with Crippen molar-refractivity contribution in [2.75, 3.05) is 19.6 Å². The molecule has 0 atom stereocenters. The number of hydrogen-bond donors (Lipinski definition) is 1. The van der Waals surface area contributed by atoms with Crippen LogP contribution in [0.15, 0.2) is 11.0 Å². The molecule has 2 heterocycles. The molecule has 120 valence electrons. The van der Waals surface area contributed by atoms with E-state index in [9.17, 15) is 8.42 Å². The molecule has 1 fully saturated rings. The standard InChI is InChI=1S/C15H26N2O2S2/c1-3-16-12-14-11-15(13(2)20-14)21(18,19)17-9-7-5-4-6-8-10-17/h11,16H,3-10,12H2,1-2H3. The Bertz CT molecular complexity index is 544. The van der Waals surface area contributed by atoms with Gasteiger partial charge in [0, 0.05) is 29.4 Å². The molecule has 1 N–H and O–H groups in total. The fourth-order valence-corrected chi connectivity index (χ4v) is 5.80. The first-order valence-electron chi connectivity index (χ1n) is 7.86. The van der Waals surface area contributed by atoms with Gasteiger partial charge in [0.2, 0.25) is 10.0 Å². The minimum atomic E-state index is -3.32. The van der Waals surface area contributed by atoms with Crippen LogP contribution in [0.1, 0.15) is 48.8 Å². The van der Waals surface area contributed by atoms with Crippen LogP contribution in [0.5, 0.6) is 0 Å². The lowest BCUT2D eigenvalue weighted by atomic mass is 10.1. The molecule has 1 aromatic heterocycles. The quantitative estimate of drug-likeness (QED) is 0.902. The highest BCUT2D eigenvalue weighted by Crippen LogP contribution is 2.29. The van der Waals surface area contributed by atoms with Gasteiger partial charge in [0.1, 0.15) is 0 Å². The van der Waals surface area contributed by atoms with Crippen LogP contribution in [-0.4, -0.2) is 32.4 Å². The summed E-state index contributed by atoms with van der Waals surface area (Å²) in [5, 5.41) is 3.26. The lowest BCUT2D eigenvalue weighted by Gasteiger charge is -2.24. The molecule has 0 aromatic carbocycles. The second-order valence-electron chi connectivity index (χ2n) is 5.59. The molecule has 0 unspecified atom stereocenters. The summed E-state index contributed by atoms with van der Waals surface area (Å²) < 4.78 is 27.4. The maximum absolute atomic E-state index is 12.9. The summed E-state index contributed by atoms with van der Waals surface area (Å²) in [6.07, 6.45) is 5.47. The smallest absolute Gasteiger partial charge is 0.244 e. The van der Waals surface area contributed by atoms with Gasteiger partial charge in [0.25, 0.3) is 0 Å². The number of aryl methyl sites for hydroxylation is 1. The van der Waals surface area contributed by atoms with Crippen molar-refractivity contribution in [1.82, 2.24) is 9.62 Å². The summed E-state index contributed by atoms with van der Waals surface area (Å²) in [6, 6.07) is 1.86. The Morgan fingerprint density at radius 1 is 1.19 bits per heavy atom. The Kier molecular flexibility index (Phi) is 6.22. The van der Waals surface area contributed by atoms with Crippen LogP contribution in [0.3, 0.4) is 0 Å². The van der Waals surface area contributed by atoms with Gasteiger partial charge in [0.15, 0.2) is 0 Å². The number of thiophene rings is 1. The zero-order chi connectivity index (χ0) is 15.3. The molecule has 1 aromatic rings. The zero-order valence-electron chi connectivity index (χ0n) is 13.0. The predicted octanol–water partition coefficient (Wildman–Crippen LogP) is 3.12. The van der Waals surface area contributed by atoms with E-state index in [-0.39, 0.29) is 0 Å². The maximum atomic E-state index is 12.9. The first-order chi connectivity index (χ1) is 10.1. The predicted molar refractivity (Wildman–Crippen MR) is 88.3 cm³/mol. The molecule has 4 nitrogen and oxygen atoms in total. The third-order valence-electron chi connectivity index (χ3n) is 3.91. The van der Waals surface area contributed by atoms with Crippen molar-refractivity contribution in [3.05, 3.63) is 15.8 Å². The van der Waals surface area contributed by atoms with Crippen LogP contribution in [0.25, 0.3) is 0 Å². The van der Waals surface area contributed by atoms with E-state index in [0.717, 1.165) is 48.5 Å². The van der Waals surface area contributed by atoms with Crippen molar-refractivity contribution in [2.24, 2.45) is 0 Å². The van der Waals surface area contributed by atoms with Crippen molar-refractivity contribution in [2.45, 2.75) is 57.4 Å². The third kappa shape index (κ3) is 4.28. The molecule has 6 heteroatoms. The van der Waals surface area contributed by atoms with Gasteiger partial charge in [0.05, 0.1) is 4.90 Å². The van der Waals surface area contributed by atoms with Crippen molar-refractivity contribution in [1.29, 1.82) is 0 Å². The van der Waals surface area contributed by atoms with Crippen LogP contribution >= 0.6 is 11.3 Å². The number of rotatable bonds is 5. The summed E-state index contributed by atoms with van der Waals surface area (Å²) in [5.74, 6) is 0. The molecule has 1 saturated heterocycles. The van der Waals surface area contributed by atoms with Gasteiger partial charge in [-0.3, -0.25) is 0 Å². The normalized spacial score (nSPS) is 18.4. The molecule has 1 aliphatic rings. The summed E-state index contributed by atoms with van der Waals surface area (Å²) in [4.78, 5) is 2.52. The average Bonchev–Trinajstić information content (AvgIpc) is 2.77. The largest absolute Gasteiger partial charge is 0.312 e. The number of hydrogen-bond acceptors (Lipinski definition) is 4. The summed E-state index contributed by atoms with van der Waals surface area (Å²) in [5.41, 5.74) is 0. The second kappa shape index (κ2) is 7.72. The van der Waals surface area contributed by atoms with E-state index in [4.69, 9.17) is 0 Å². The minimum Gasteiger partial charge on any atom is -0.312 e. The van der Waals surface area contributed by atoms with Crippen molar-refractivity contribution >= 4 is 21.4 Å². The van der Waals surface area contributed by atoms with E-state index in [1.54, 1.807) is 15.6 Å². The van der Waals surface area contributed by atoms with Gasteiger partial charge < -0.3 is 5.32 Å². The van der Waals surface area contributed by atoms with E-state index < -0.39 is 10.0 Å². The third-order valence-corrected chi connectivity index (χ3v) is 7.11. The van der Waals surface area contributed by atoms with Crippen LogP contribution in [0.4, 0.5) is 0 Å². The van der Waals surface area contributed by atoms with Gasteiger partial charge in [-0.15, -0.1) is 11.3 Å². The Morgan fingerprint density at radius 3 is 2.43 bits per heavy atom. The van der Waals surface area contributed by atoms with E-state index in [2.05, 4.69) is 12.2 Å². The van der Waals surface area contributed by atoms with Crippen molar-refractivity contribution < 1.29 is 8.42 Å². The van der Waals surface area contributed by atoms with E-state index >= 15 is 0 Å². The highest BCUT2D eigenvalue weighted by Gasteiger charge is 2.27. The lowest BCUT2D eigenvalue weighted by molar-refractivity contribution is 0.364. The fourth-order valence-electron chi connectivity index (χ4n) is 2.71. The highest BCUT2D eigenvalue weighted by atomic mass is 32.2. The highest BCUT2D eigenvalue weighted by molar-refractivity contribution is 7.89. The topological polar surface area (TPSA) is 49.4 Å². The molecule has 0 saturated carbocycles. The van der Waals surface area contributed by atoms with Gasteiger partial charge in [-0.2, -0.15) is 4.31 Å². The Balaban J connectivity index is 2.19. The van der Waals surface area contributed by atoms with E-state index in [0.29, 0.717) is 18.0 Å². The lowest BCUT2D eigenvalue weighted by Crippen LogP contribution is -2.34. The van der Waals surface area contributed by atoms with E-state index in [1.807, 2.05) is 13.0 Å². The molecule has 2 rings (SSSR count). The summed E-state index contributed by atoms with van der Waals surface area (Å²) >= 11 is 1.59. The van der Waals surface area contributed by atoms with Crippen LogP contribution in [0.2, 0.25) is 0 Å². The monoisotopic (exact) mass is 330 g/mol. The van der Waals surface area contributed by atoms with Gasteiger partial charge in [-0.25, -0.2) is 8.42 Å². The average molecular weight is 331 g/mol. The number of nitrogens with zero attached hydrogens (tertiary/aromatic N) is 1. The molecule has 0 amide bonds. The molecular weight excluding hydrogens is 304 g/mol. The zero-order valence-corrected chi connectivity index (χ0v) is 14.7. The van der Waals surface area contributed by atoms with Crippen molar-refractivity contribution in [3.8, 4) is 0 Å². The number of nitrogens with one attached hydrogen (secondary N) is 1. The van der Waals surface area contributed by atoms with Crippen LogP contribution in [-0.2, 0) is 16.6 Å².